The van der Waals surface area contributed by atoms with Crippen molar-refractivity contribution < 1.29 is 4.79 Å². The number of nitrogens with zero attached hydrogens (tertiary/aromatic N) is 2. The lowest BCUT2D eigenvalue weighted by Crippen LogP contribution is -2.43. The Hall–Kier alpha value is -1.55. The molecule has 1 N–H and O–H groups in total. The van der Waals surface area contributed by atoms with Gasteiger partial charge in [-0.2, -0.15) is 0 Å². The first-order valence-electron chi connectivity index (χ1n) is 8.07. The lowest BCUT2D eigenvalue weighted by molar-refractivity contribution is -0.129. The highest BCUT2D eigenvalue weighted by molar-refractivity contribution is 5.82. The molecule has 3 rings (SSSR count). The van der Waals surface area contributed by atoms with E-state index in [9.17, 15) is 4.79 Å². The highest BCUT2D eigenvalue weighted by Crippen LogP contribution is 2.27. The van der Waals surface area contributed by atoms with Gasteiger partial charge in [0.2, 0.25) is 5.91 Å². The van der Waals surface area contributed by atoms with Crippen LogP contribution in [0.25, 0.3) is 0 Å². The van der Waals surface area contributed by atoms with Crippen molar-refractivity contribution in [2.45, 2.75) is 26.2 Å². The van der Waals surface area contributed by atoms with E-state index < -0.39 is 0 Å². The van der Waals surface area contributed by atoms with E-state index in [2.05, 4.69) is 35.3 Å². The van der Waals surface area contributed by atoms with Crippen molar-refractivity contribution in [3.63, 3.8) is 0 Å². The zero-order valence-electron chi connectivity index (χ0n) is 12.9. The number of rotatable bonds is 2. The standard InChI is InChI=1S/C17H25N3O/c1-14-5-6-16-15(12-14)4-2-9-20(16)13-17(21)19-10-3-7-18-8-11-19/h5-6,12,18H,2-4,7-11,13H2,1H3. The number of carbonyl (C=O) groups excluding carboxylic acids is 1. The molecule has 1 saturated heterocycles. The van der Waals surface area contributed by atoms with Crippen LogP contribution in [-0.2, 0) is 11.2 Å². The molecule has 0 atom stereocenters. The molecule has 2 heterocycles. The maximum absolute atomic E-state index is 12.6. The molecule has 114 valence electrons. The first kappa shape index (κ1) is 14.4. The van der Waals surface area contributed by atoms with Crippen molar-refractivity contribution >= 4 is 11.6 Å². The van der Waals surface area contributed by atoms with Crippen molar-refractivity contribution in [1.29, 1.82) is 0 Å². The summed E-state index contributed by atoms with van der Waals surface area (Å²) >= 11 is 0. The predicted molar refractivity (Wildman–Crippen MR) is 85.8 cm³/mol. The molecule has 0 radical (unpaired) electrons. The molecule has 4 heteroatoms. The van der Waals surface area contributed by atoms with E-state index >= 15 is 0 Å². The van der Waals surface area contributed by atoms with Crippen LogP contribution in [0.15, 0.2) is 18.2 Å². The van der Waals surface area contributed by atoms with E-state index in [1.807, 2.05) is 4.90 Å². The van der Waals surface area contributed by atoms with E-state index in [-0.39, 0.29) is 5.91 Å². The number of fused-ring (bicyclic) bond motifs is 1. The van der Waals surface area contributed by atoms with Crippen LogP contribution in [0.2, 0.25) is 0 Å². The van der Waals surface area contributed by atoms with Gasteiger partial charge in [0, 0.05) is 31.9 Å². The van der Waals surface area contributed by atoms with Gasteiger partial charge in [0.1, 0.15) is 0 Å². The van der Waals surface area contributed by atoms with Crippen LogP contribution in [0, 0.1) is 6.92 Å². The lowest BCUT2D eigenvalue weighted by Gasteiger charge is -2.33. The van der Waals surface area contributed by atoms with E-state index in [1.54, 1.807) is 0 Å². The predicted octanol–water partition coefficient (Wildman–Crippen LogP) is 1.57. The van der Waals surface area contributed by atoms with Crippen LogP contribution >= 0.6 is 0 Å². The third-order valence-corrected chi connectivity index (χ3v) is 4.47. The molecule has 2 aliphatic rings. The average Bonchev–Trinajstić information content (AvgIpc) is 2.76. The van der Waals surface area contributed by atoms with E-state index in [0.717, 1.165) is 52.0 Å². The summed E-state index contributed by atoms with van der Waals surface area (Å²) in [6.07, 6.45) is 3.34. The Morgan fingerprint density at radius 1 is 1.19 bits per heavy atom. The van der Waals surface area contributed by atoms with Crippen molar-refractivity contribution in [2.24, 2.45) is 0 Å². The summed E-state index contributed by atoms with van der Waals surface area (Å²) in [5.41, 5.74) is 3.96. The molecular formula is C17H25N3O. The lowest BCUT2D eigenvalue weighted by atomic mass is 9.99. The molecule has 0 spiro atoms. The maximum atomic E-state index is 12.6. The Morgan fingerprint density at radius 2 is 2.10 bits per heavy atom. The topological polar surface area (TPSA) is 35.6 Å². The van der Waals surface area contributed by atoms with Gasteiger partial charge in [0.05, 0.1) is 6.54 Å². The monoisotopic (exact) mass is 287 g/mol. The quantitative estimate of drug-likeness (QED) is 0.897. The summed E-state index contributed by atoms with van der Waals surface area (Å²) in [6, 6.07) is 6.60. The third-order valence-electron chi connectivity index (χ3n) is 4.47. The molecule has 0 aromatic heterocycles. The van der Waals surface area contributed by atoms with Crippen molar-refractivity contribution in [3.05, 3.63) is 29.3 Å². The number of anilines is 1. The minimum Gasteiger partial charge on any atom is -0.362 e. The molecule has 1 aromatic rings. The number of nitrogens with one attached hydrogen (secondary N) is 1. The number of aryl methyl sites for hydroxylation is 2. The van der Waals surface area contributed by atoms with Gasteiger partial charge in [-0.3, -0.25) is 4.79 Å². The van der Waals surface area contributed by atoms with Gasteiger partial charge in [0.15, 0.2) is 0 Å². The van der Waals surface area contributed by atoms with Crippen LogP contribution in [0.1, 0.15) is 24.0 Å². The van der Waals surface area contributed by atoms with Crippen LogP contribution in [-0.4, -0.2) is 50.1 Å². The molecule has 1 amide bonds. The average molecular weight is 287 g/mol. The second-order valence-electron chi connectivity index (χ2n) is 6.14. The van der Waals surface area contributed by atoms with Gasteiger partial charge in [-0.1, -0.05) is 17.7 Å². The zero-order valence-corrected chi connectivity index (χ0v) is 12.9. The fourth-order valence-corrected chi connectivity index (χ4v) is 3.33. The molecule has 0 saturated carbocycles. The molecule has 21 heavy (non-hydrogen) atoms. The molecule has 2 aliphatic heterocycles. The second kappa shape index (κ2) is 6.48. The highest BCUT2D eigenvalue weighted by Gasteiger charge is 2.22. The van der Waals surface area contributed by atoms with Crippen LogP contribution in [0.4, 0.5) is 5.69 Å². The summed E-state index contributed by atoms with van der Waals surface area (Å²) in [4.78, 5) is 16.8. The molecule has 1 aromatic carbocycles. The number of amides is 1. The third kappa shape index (κ3) is 3.38. The molecule has 0 aliphatic carbocycles. The normalized spacial score (nSPS) is 19.1. The molecular weight excluding hydrogens is 262 g/mol. The van der Waals surface area contributed by atoms with E-state index in [1.165, 1.54) is 16.8 Å². The Morgan fingerprint density at radius 3 is 3.00 bits per heavy atom. The Labute approximate surface area is 127 Å². The first-order valence-corrected chi connectivity index (χ1v) is 8.07. The largest absolute Gasteiger partial charge is 0.362 e. The number of hydrogen-bond acceptors (Lipinski definition) is 3. The zero-order chi connectivity index (χ0) is 14.7. The van der Waals surface area contributed by atoms with Crippen LogP contribution in [0.5, 0.6) is 0 Å². The summed E-state index contributed by atoms with van der Waals surface area (Å²) in [5.74, 6) is 0.270. The van der Waals surface area contributed by atoms with E-state index in [0.29, 0.717) is 6.54 Å². The van der Waals surface area contributed by atoms with Gasteiger partial charge in [-0.05, 0) is 44.4 Å². The van der Waals surface area contributed by atoms with Gasteiger partial charge >= 0.3 is 0 Å². The van der Waals surface area contributed by atoms with Crippen LogP contribution in [0.3, 0.4) is 0 Å². The summed E-state index contributed by atoms with van der Waals surface area (Å²) in [7, 11) is 0. The van der Waals surface area contributed by atoms with Gasteiger partial charge < -0.3 is 15.1 Å². The van der Waals surface area contributed by atoms with Crippen molar-refractivity contribution in [3.8, 4) is 0 Å². The molecule has 0 unspecified atom stereocenters. The smallest absolute Gasteiger partial charge is 0.242 e. The number of hydrogen-bond donors (Lipinski definition) is 1. The van der Waals surface area contributed by atoms with Gasteiger partial charge in [-0.25, -0.2) is 0 Å². The highest BCUT2D eigenvalue weighted by atomic mass is 16.2. The Kier molecular flexibility index (Phi) is 4.44. The summed E-state index contributed by atoms with van der Waals surface area (Å²) in [6.45, 7) is 7.32. The van der Waals surface area contributed by atoms with Crippen molar-refractivity contribution in [1.82, 2.24) is 10.2 Å². The fraction of sp³-hybridized carbons (Fsp3) is 0.588. The summed E-state index contributed by atoms with van der Waals surface area (Å²) < 4.78 is 0. The van der Waals surface area contributed by atoms with Crippen LogP contribution < -0.4 is 10.2 Å². The second-order valence-corrected chi connectivity index (χ2v) is 6.14. The Balaban J connectivity index is 1.69. The SMILES string of the molecule is Cc1ccc2c(c1)CCCN2CC(=O)N1CCCNCC1. The maximum Gasteiger partial charge on any atom is 0.242 e. The minimum absolute atomic E-state index is 0.270. The van der Waals surface area contributed by atoms with E-state index in [4.69, 9.17) is 0 Å². The van der Waals surface area contributed by atoms with Crippen molar-refractivity contribution in [2.75, 3.05) is 44.2 Å². The minimum atomic E-state index is 0.270. The van der Waals surface area contributed by atoms with Gasteiger partial charge in [0.25, 0.3) is 0 Å². The fourth-order valence-electron chi connectivity index (χ4n) is 3.33. The Bertz CT molecular complexity index is 507. The molecule has 4 nitrogen and oxygen atoms in total. The number of benzene rings is 1. The van der Waals surface area contributed by atoms with Gasteiger partial charge in [-0.15, -0.1) is 0 Å². The molecule has 0 bridgehead atoms. The first-order chi connectivity index (χ1) is 10.2. The number of carbonyl (C=O) groups is 1. The summed E-state index contributed by atoms with van der Waals surface area (Å²) in [5, 5.41) is 3.35. The molecule has 1 fully saturated rings.